The molecule has 1 amide bonds. The predicted octanol–water partition coefficient (Wildman–Crippen LogP) is 6.33. The molecule has 5 nitrogen and oxygen atoms in total. The summed E-state index contributed by atoms with van der Waals surface area (Å²) >= 11 is 0. The summed E-state index contributed by atoms with van der Waals surface area (Å²) in [4.78, 5) is 31.7. The third-order valence-corrected chi connectivity index (χ3v) is 7.81. The molecule has 1 atom stereocenters. The van der Waals surface area contributed by atoms with Crippen LogP contribution in [0.3, 0.4) is 0 Å². The van der Waals surface area contributed by atoms with Crippen LogP contribution in [-0.4, -0.2) is 28.1 Å². The number of fused-ring (bicyclic) bond motifs is 1. The number of hydrogen-bond acceptors (Lipinski definition) is 4. The van der Waals surface area contributed by atoms with Crippen LogP contribution in [0.25, 0.3) is 0 Å². The number of hydrogen-bond donors (Lipinski definition) is 1. The Bertz CT molecular complexity index is 1110. The molecule has 0 unspecified atom stereocenters. The number of nitrogens with zero attached hydrogens (tertiary/aromatic N) is 2. The molecule has 0 spiro atoms. The summed E-state index contributed by atoms with van der Waals surface area (Å²) < 4.78 is 38.8. The maximum absolute atomic E-state index is 12.9. The first-order valence-corrected chi connectivity index (χ1v) is 13.3. The molecular formula is C29H36F3N3O2. The first-order valence-electron chi connectivity index (χ1n) is 13.3. The van der Waals surface area contributed by atoms with Crippen LogP contribution in [0.4, 0.5) is 13.2 Å². The van der Waals surface area contributed by atoms with Gasteiger partial charge in [0.25, 0.3) is 5.91 Å². The van der Waals surface area contributed by atoms with E-state index in [0.717, 1.165) is 54.6 Å². The van der Waals surface area contributed by atoms with Crippen molar-refractivity contribution in [3.8, 4) is 0 Å². The Morgan fingerprint density at radius 1 is 1.11 bits per heavy atom. The fourth-order valence-corrected chi connectivity index (χ4v) is 5.77. The number of halogens is 3. The number of pyridine rings is 1. The minimum absolute atomic E-state index is 0.0235. The zero-order valence-corrected chi connectivity index (χ0v) is 21.8. The summed E-state index contributed by atoms with van der Waals surface area (Å²) in [6.45, 7) is 7.80. The van der Waals surface area contributed by atoms with Crippen molar-refractivity contribution in [1.82, 2.24) is 15.2 Å². The minimum Gasteiger partial charge on any atom is -0.352 e. The quantitative estimate of drug-likeness (QED) is 0.446. The Labute approximate surface area is 216 Å². The van der Waals surface area contributed by atoms with E-state index in [1.165, 1.54) is 12.1 Å². The van der Waals surface area contributed by atoms with Crippen molar-refractivity contribution in [3.05, 3.63) is 64.5 Å². The van der Waals surface area contributed by atoms with Crippen LogP contribution in [0.2, 0.25) is 0 Å². The number of Topliss-reactive ketones (excluding diaryl/α,β-unsaturated/α-hetero) is 1. The van der Waals surface area contributed by atoms with E-state index in [1.807, 2.05) is 13.0 Å². The summed E-state index contributed by atoms with van der Waals surface area (Å²) in [5.74, 6) is 1.01. The molecule has 0 radical (unpaired) electrons. The second-order valence-corrected chi connectivity index (χ2v) is 10.8. The van der Waals surface area contributed by atoms with E-state index in [2.05, 4.69) is 29.0 Å². The smallest absolute Gasteiger partial charge is 0.352 e. The summed E-state index contributed by atoms with van der Waals surface area (Å²) in [6, 6.07) is 7.23. The molecule has 200 valence electrons. The molecule has 1 aliphatic heterocycles. The average Bonchev–Trinajstić information content (AvgIpc) is 3.24. The SMILES string of the molecule is CCC(=O)C1CCC(CNC(=O)c2cnc3c(c2)CN(Cc2ccc(C(F)(F)F)cc2)[C@H]3C(C)C)CC1. The number of alkyl halides is 3. The highest BCUT2D eigenvalue weighted by Crippen LogP contribution is 2.39. The number of nitrogens with one attached hydrogen (secondary N) is 1. The van der Waals surface area contributed by atoms with Gasteiger partial charge in [0.05, 0.1) is 22.9 Å². The molecule has 2 aliphatic rings. The van der Waals surface area contributed by atoms with Crippen molar-refractivity contribution in [2.45, 2.75) is 78.2 Å². The van der Waals surface area contributed by atoms with E-state index < -0.39 is 11.7 Å². The van der Waals surface area contributed by atoms with E-state index in [1.54, 1.807) is 6.20 Å². The molecule has 2 heterocycles. The highest BCUT2D eigenvalue weighted by molar-refractivity contribution is 5.94. The molecule has 8 heteroatoms. The second kappa shape index (κ2) is 11.3. The van der Waals surface area contributed by atoms with Crippen LogP contribution in [-0.2, 0) is 24.1 Å². The molecular weight excluding hydrogens is 479 g/mol. The Balaban J connectivity index is 1.38. The third kappa shape index (κ3) is 6.40. The number of benzene rings is 1. The highest BCUT2D eigenvalue weighted by atomic mass is 19.4. The Morgan fingerprint density at radius 3 is 2.38 bits per heavy atom. The Morgan fingerprint density at radius 2 is 1.78 bits per heavy atom. The van der Waals surface area contributed by atoms with E-state index >= 15 is 0 Å². The topological polar surface area (TPSA) is 62.3 Å². The lowest BCUT2D eigenvalue weighted by molar-refractivity contribution is -0.137. The van der Waals surface area contributed by atoms with Gasteiger partial charge in [-0.25, -0.2) is 0 Å². The molecule has 4 rings (SSSR count). The minimum atomic E-state index is -4.35. The number of amides is 1. The van der Waals surface area contributed by atoms with E-state index in [0.29, 0.717) is 43.3 Å². The molecule has 1 aromatic carbocycles. The number of rotatable bonds is 8. The zero-order valence-electron chi connectivity index (χ0n) is 21.8. The van der Waals surface area contributed by atoms with Gasteiger partial charge in [0, 0.05) is 38.2 Å². The number of carbonyl (C=O) groups is 2. The monoisotopic (exact) mass is 515 g/mol. The van der Waals surface area contributed by atoms with Gasteiger partial charge >= 0.3 is 6.18 Å². The van der Waals surface area contributed by atoms with Crippen molar-refractivity contribution in [2.75, 3.05) is 6.54 Å². The Kier molecular flexibility index (Phi) is 8.36. The molecule has 37 heavy (non-hydrogen) atoms. The molecule has 0 saturated heterocycles. The lowest BCUT2D eigenvalue weighted by atomic mass is 9.79. The van der Waals surface area contributed by atoms with Gasteiger partial charge in [-0.1, -0.05) is 32.9 Å². The predicted molar refractivity (Wildman–Crippen MR) is 136 cm³/mol. The average molecular weight is 516 g/mol. The summed E-state index contributed by atoms with van der Waals surface area (Å²) in [6.07, 6.45) is 1.58. The van der Waals surface area contributed by atoms with Crippen molar-refractivity contribution in [1.29, 1.82) is 0 Å². The maximum Gasteiger partial charge on any atom is 0.416 e. The molecule has 1 N–H and O–H groups in total. The van der Waals surface area contributed by atoms with Crippen LogP contribution in [0.1, 0.15) is 91.7 Å². The lowest BCUT2D eigenvalue weighted by Gasteiger charge is -2.27. The van der Waals surface area contributed by atoms with Crippen LogP contribution in [0, 0.1) is 17.8 Å². The second-order valence-electron chi connectivity index (χ2n) is 10.8. The lowest BCUT2D eigenvalue weighted by Crippen LogP contribution is -2.32. The standard InChI is InChI=1S/C29H36F3N3O2/c1-4-25(36)21-9-5-19(6-10-21)14-34-28(37)22-13-23-17-35(27(18(2)3)26(23)33-15-22)16-20-7-11-24(12-8-20)29(30,31)32/h7-8,11-13,15,18-19,21,27H,4-6,9-10,14,16-17H2,1-3H3,(H,34,37)/t19?,21?,27-/m0/s1. The summed E-state index contributed by atoms with van der Waals surface area (Å²) in [5.41, 5.74) is 2.59. The molecule has 1 saturated carbocycles. The van der Waals surface area contributed by atoms with Gasteiger partial charge in [-0.05, 0) is 66.8 Å². The van der Waals surface area contributed by atoms with Gasteiger partial charge in [0.15, 0.2) is 0 Å². The van der Waals surface area contributed by atoms with Gasteiger partial charge in [-0.3, -0.25) is 19.5 Å². The van der Waals surface area contributed by atoms with Gasteiger partial charge in [-0.15, -0.1) is 0 Å². The maximum atomic E-state index is 12.9. The number of carbonyl (C=O) groups excluding carboxylic acids is 2. The van der Waals surface area contributed by atoms with E-state index in [-0.39, 0.29) is 23.8 Å². The Hall–Kier alpha value is -2.74. The van der Waals surface area contributed by atoms with Gasteiger partial charge in [0.2, 0.25) is 0 Å². The third-order valence-electron chi connectivity index (χ3n) is 7.81. The first kappa shape index (κ1) is 27.3. The van der Waals surface area contributed by atoms with Crippen LogP contribution in [0.15, 0.2) is 36.5 Å². The van der Waals surface area contributed by atoms with Crippen LogP contribution < -0.4 is 5.32 Å². The van der Waals surface area contributed by atoms with E-state index in [9.17, 15) is 22.8 Å². The number of ketones is 1. The molecule has 0 bridgehead atoms. The first-order chi connectivity index (χ1) is 17.6. The number of aromatic nitrogens is 1. The van der Waals surface area contributed by atoms with Gasteiger partial charge in [0.1, 0.15) is 5.78 Å². The summed E-state index contributed by atoms with van der Waals surface area (Å²) in [7, 11) is 0. The summed E-state index contributed by atoms with van der Waals surface area (Å²) in [5, 5.41) is 3.05. The largest absolute Gasteiger partial charge is 0.416 e. The molecule has 1 aliphatic carbocycles. The van der Waals surface area contributed by atoms with Crippen molar-refractivity contribution in [2.24, 2.45) is 17.8 Å². The highest BCUT2D eigenvalue weighted by Gasteiger charge is 2.35. The van der Waals surface area contributed by atoms with E-state index in [4.69, 9.17) is 0 Å². The van der Waals surface area contributed by atoms with Crippen molar-refractivity contribution >= 4 is 11.7 Å². The van der Waals surface area contributed by atoms with Crippen molar-refractivity contribution in [3.63, 3.8) is 0 Å². The normalized spacial score (nSPS) is 22.2. The van der Waals surface area contributed by atoms with Crippen LogP contribution >= 0.6 is 0 Å². The van der Waals surface area contributed by atoms with Gasteiger partial charge in [-0.2, -0.15) is 13.2 Å². The van der Waals surface area contributed by atoms with Crippen LogP contribution in [0.5, 0.6) is 0 Å². The fraction of sp³-hybridized carbons (Fsp3) is 0.552. The molecule has 1 aromatic heterocycles. The van der Waals surface area contributed by atoms with Gasteiger partial charge < -0.3 is 5.32 Å². The molecule has 2 aromatic rings. The van der Waals surface area contributed by atoms with Crippen molar-refractivity contribution < 1.29 is 22.8 Å². The fourth-order valence-electron chi connectivity index (χ4n) is 5.77. The zero-order chi connectivity index (χ0) is 26.7. The molecule has 1 fully saturated rings.